The number of rotatable bonds is 3. The minimum absolute atomic E-state index is 0.253. The Morgan fingerprint density at radius 3 is 2.30 bits per heavy atom. The third kappa shape index (κ3) is 2.59. The second-order valence-corrected chi connectivity index (χ2v) is 8.09. The maximum Gasteiger partial charge on any atom is 0.263 e. The number of thiophene rings is 1. The highest BCUT2D eigenvalue weighted by Gasteiger charge is 2.22. The fourth-order valence-electron chi connectivity index (χ4n) is 2.24. The van der Waals surface area contributed by atoms with E-state index in [1.165, 1.54) is 11.3 Å². The summed E-state index contributed by atoms with van der Waals surface area (Å²) >= 11 is 1.48. The molecule has 20 heavy (non-hydrogen) atoms. The molecule has 1 aromatic heterocycles. The molecular weight excluding hydrogens is 312 g/mol. The fourth-order valence-corrected chi connectivity index (χ4v) is 5.34. The summed E-state index contributed by atoms with van der Waals surface area (Å²) in [6.07, 6.45) is 0.571. The Labute approximate surface area is 126 Å². The summed E-state index contributed by atoms with van der Waals surface area (Å²) in [6.45, 7) is 0. The van der Waals surface area contributed by atoms with Crippen LogP contribution in [0.5, 0.6) is 0 Å². The van der Waals surface area contributed by atoms with Crippen LogP contribution in [0.4, 0.5) is 0 Å². The monoisotopic (exact) mass is 322 g/mol. The lowest BCUT2D eigenvalue weighted by atomic mass is 10.1. The zero-order valence-electron chi connectivity index (χ0n) is 10.4. The van der Waals surface area contributed by atoms with E-state index in [0.717, 1.165) is 15.1 Å². The first-order chi connectivity index (χ1) is 9.55. The summed E-state index contributed by atoms with van der Waals surface area (Å²) in [5.41, 5.74) is 1.07. The summed E-state index contributed by atoms with van der Waals surface area (Å²) < 4.78 is 24.7. The van der Waals surface area contributed by atoms with Gasteiger partial charge in [-0.2, -0.15) is 0 Å². The SMILES string of the molecule is O=S(=O)(Cl)c1c(Cc2ccccc2)sc2ccccc12. The molecule has 0 bridgehead atoms. The Morgan fingerprint density at radius 1 is 0.950 bits per heavy atom. The van der Waals surface area contributed by atoms with Gasteiger partial charge >= 0.3 is 0 Å². The second-order valence-electron chi connectivity index (χ2n) is 4.45. The van der Waals surface area contributed by atoms with Crippen LogP contribution in [-0.2, 0) is 15.5 Å². The van der Waals surface area contributed by atoms with Crippen molar-refractivity contribution in [1.82, 2.24) is 0 Å². The largest absolute Gasteiger partial charge is 0.263 e. The predicted molar refractivity (Wildman–Crippen MR) is 84.1 cm³/mol. The Kier molecular flexibility index (Phi) is 3.54. The zero-order valence-corrected chi connectivity index (χ0v) is 12.8. The highest BCUT2D eigenvalue weighted by molar-refractivity contribution is 8.14. The van der Waals surface area contributed by atoms with Crippen molar-refractivity contribution in [3.05, 3.63) is 65.0 Å². The minimum atomic E-state index is -3.75. The van der Waals surface area contributed by atoms with E-state index in [1.54, 1.807) is 6.07 Å². The van der Waals surface area contributed by atoms with Crippen LogP contribution >= 0.6 is 22.0 Å². The van der Waals surface area contributed by atoms with Crippen LogP contribution in [0.3, 0.4) is 0 Å². The number of halogens is 1. The van der Waals surface area contributed by atoms with Gasteiger partial charge in [0.25, 0.3) is 9.05 Å². The highest BCUT2D eigenvalue weighted by atomic mass is 35.7. The molecule has 2 nitrogen and oxygen atoms in total. The molecule has 3 rings (SSSR count). The molecule has 0 fully saturated rings. The third-order valence-electron chi connectivity index (χ3n) is 3.07. The fraction of sp³-hybridized carbons (Fsp3) is 0.0667. The van der Waals surface area contributed by atoms with Crippen LogP contribution < -0.4 is 0 Å². The molecule has 5 heteroatoms. The van der Waals surface area contributed by atoms with Gasteiger partial charge in [-0.15, -0.1) is 11.3 Å². The lowest BCUT2D eigenvalue weighted by molar-refractivity contribution is 0.610. The molecular formula is C15H11ClO2S2. The number of benzene rings is 2. The summed E-state index contributed by atoms with van der Waals surface area (Å²) in [5, 5.41) is 0.707. The Bertz CT molecular complexity index is 852. The van der Waals surface area contributed by atoms with E-state index in [1.807, 2.05) is 48.5 Å². The summed E-state index contributed by atoms with van der Waals surface area (Å²) in [6, 6.07) is 17.2. The van der Waals surface area contributed by atoms with Crippen molar-refractivity contribution in [3.63, 3.8) is 0 Å². The first kappa shape index (κ1) is 13.6. The van der Waals surface area contributed by atoms with E-state index in [9.17, 15) is 8.42 Å². The molecule has 0 N–H and O–H groups in total. The normalized spacial score (nSPS) is 11.8. The van der Waals surface area contributed by atoms with Gasteiger partial charge in [-0.1, -0.05) is 48.5 Å². The van der Waals surface area contributed by atoms with Crippen molar-refractivity contribution >= 4 is 41.2 Å². The molecule has 0 spiro atoms. The molecule has 0 radical (unpaired) electrons. The van der Waals surface area contributed by atoms with Gasteiger partial charge in [0.2, 0.25) is 0 Å². The Balaban J connectivity index is 2.20. The molecule has 0 amide bonds. The molecule has 102 valence electrons. The molecule has 0 saturated heterocycles. The van der Waals surface area contributed by atoms with Gasteiger partial charge in [0.15, 0.2) is 0 Å². The first-order valence-electron chi connectivity index (χ1n) is 6.05. The van der Waals surface area contributed by atoms with Crippen molar-refractivity contribution in [1.29, 1.82) is 0 Å². The van der Waals surface area contributed by atoms with E-state index in [4.69, 9.17) is 10.7 Å². The van der Waals surface area contributed by atoms with E-state index in [2.05, 4.69) is 0 Å². The summed E-state index contributed by atoms with van der Waals surface area (Å²) in [5.74, 6) is 0. The van der Waals surface area contributed by atoms with Crippen molar-refractivity contribution in [2.45, 2.75) is 11.3 Å². The average molecular weight is 323 g/mol. The molecule has 1 heterocycles. The van der Waals surface area contributed by atoms with Crippen molar-refractivity contribution < 1.29 is 8.42 Å². The molecule has 0 aliphatic rings. The minimum Gasteiger partial charge on any atom is -0.207 e. The first-order valence-corrected chi connectivity index (χ1v) is 9.17. The lowest BCUT2D eigenvalue weighted by Gasteiger charge is -2.01. The molecule has 0 atom stereocenters. The van der Waals surface area contributed by atoms with Crippen molar-refractivity contribution in [3.8, 4) is 0 Å². The van der Waals surface area contributed by atoms with Gasteiger partial charge in [0.05, 0.1) is 0 Å². The highest BCUT2D eigenvalue weighted by Crippen LogP contribution is 2.37. The number of fused-ring (bicyclic) bond motifs is 1. The van der Waals surface area contributed by atoms with Gasteiger partial charge in [-0.3, -0.25) is 0 Å². The second kappa shape index (κ2) is 5.20. The van der Waals surface area contributed by atoms with E-state index in [0.29, 0.717) is 11.8 Å². The Hall–Kier alpha value is -1.36. The smallest absolute Gasteiger partial charge is 0.207 e. The standard InChI is InChI=1S/C15H11ClO2S2/c16-20(17,18)15-12-8-4-5-9-13(12)19-14(15)10-11-6-2-1-3-7-11/h1-9H,10H2. The summed E-state index contributed by atoms with van der Waals surface area (Å²) in [4.78, 5) is 1.04. The quantitative estimate of drug-likeness (QED) is 0.669. The van der Waals surface area contributed by atoms with E-state index >= 15 is 0 Å². The van der Waals surface area contributed by atoms with Crippen LogP contribution in [0.15, 0.2) is 59.5 Å². The van der Waals surface area contributed by atoms with Gasteiger partial charge < -0.3 is 0 Å². The predicted octanol–water partition coefficient (Wildman–Crippen LogP) is 4.42. The van der Waals surface area contributed by atoms with Gasteiger partial charge in [0.1, 0.15) is 4.90 Å². The third-order valence-corrected chi connectivity index (χ3v) is 5.79. The molecule has 2 aromatic carbocycles. The molecule has 0 saturated carbocycles. The number of hydrogen-bond donors (Lipinski definition) is 0. The maximum absolute atomic E-state index is 11.9. The van der Waals surface area contributed by atoms with Gasteiger partial charge in [0, 0.05) is 32.1 Å². The summed E-state index contributed by atoms with van der Waals surface area (Å²) in [7, 11) is 1.87. The molecule has 3 aromatic rings. The van der Waals surface area contributed by atoms with Crippen LogP contribution in [-0.4, -0.2) is 8.42 Å². The molecule has 0 aliphatic carbocycles. The van der Waals surface area contributed by atoms with Gasteiger partial charge in [-0.05, 0) is 11.6 Å². The van der Waals surface area contributed by atoms with E-state index in [-0.39, 0.29) is 4.90 Å². The van der Waals surface area contributed by atoms with Crippen LogP contribution in [0.2, 0.25) is 0 Å². The maximum atomic E-state index is 11.9. The van der Waals surface area contributed by atoms with Crippen molar-refractivity contribution in [2.24, 2.45) is 0 Å². The van der Waals surface area contributed by atoms with Gasteiger partial charge in [-0.25, -0.2) is 8.42 Å². The molecule has 0 unspecified atom stereocenters. The average Bonchev–Trinajstić information content (AvgIpc) is 2.77. The van der Waals surface area contributed by atoms with Crippen LogP contribution in [0.25, 0.3) is 10.1 Å². The lowest BCUT2D eigenvalue weighted by Crippen LogP contribution is -1.95. The number of hydrogen-bond acceptors (Lipinski definition) is 3. The molecule has 0 aliphatic heterocycles. The Morgan fingerprint density at radius 2 is 1.60 bits per heavy atom. The van der Waals surface area contributed by atoms with E-state index < -0.39 is 9.05 Å². The topological polar surface area (TPSA) is 34.1 Å². The van der Waals surface area contributed by atoms with Crippen molar-refractivity contribution in [2.75, 3.05) is 0 Å². The zero-order chi connectivity index (χ0) is 14.2. The van der Waals surface area contributed by atoms with Crippen LogP contribution in [0, 0.1) is 0 Å². The van der Waals surface area contributed by atoms with Crippen LogP contribution in [0.1, 0.15) is 10.4 Å².